The summed E-state index contributed by atoms with van der Waals surface area (Å²) < 4.78 is 17.9. The van der Waals surface area contributed by atoms with Crippen LogP contribution in [0.4, 0.5) is 10.6 Å². The van der Waals surface area contributed by atoms with Crippen LogP contribution in [-0.4, -0.2) is 98.8 Å². The van der Waals surface area contributed by atoms with Crippen molar-refractivity contribution in [2.45, 2.75) is 103 Å². The Morgan fingerprint density at radius 2 is 1.78 bits per heavy atom. The fourth-order valence-corrected chi connectivity index (χ4v) is 7.07. The van der Waals surface area contributed by atoms with E-state index in [4.69, 9.17) is 18.9 Å². The minimum Gasteiger partial charge on any atom is -0.463 e. The van der Waals surface area contributed by atoms with Crippen molar-refractivity contribution >= 4 is 31.8 Å². The van der Waals surface area contributed by atoms with E-state index in [0.717, 1.165) is 36.5 Å². The number of rotatable bonds is 6. The van der Waals surface area contributed by atoms with Crippen LogP contribution in [0.2, 0.25) is 18.1 Å². The van der Waals surface area contributed by atoms with Crippen molar-refractivity contribution in [3.63, 3.8) is 0 Å². The van der Waals surface area contributed by atoms with Gasteiger partial charge in [-0.05, 0) is 89.0 Å². The molecule has 2 saturated heterocycles. The highest BCUT2D eigenvalue weighted by Gasteiger charge is 2.45. The Morgan fingerprint density at radius 3 is 2.37 bits per heavy atom. The van der Waals surface area contributed by atoms with Crippen LogP contribution in [0.1, 0.15) is 66.9 Å². The monoisotopic (exact) mass is 586 g/mol. The SMILES string of the molecule is CCOC(=O)C1=C(c2ccc(N3CC[C@H](O[Si](C)(C)C(C)(C)C)C3)nc2)C[C@@H]2CN(C(=O)OC(C)(C)C)C[C@H]1N2C. The Bertz CT molecular complexity index is 1150. The lowest BCUT2D eigenvalue weighted by molar-refractivity contribution is -0.140. The van der Waals surface area contributed by atoms with Gasteiger partial charge in [-0.2, -0.15) is 0 Å². The Morgan fingerprint density at radius 1 is 1.07 bits per heavy atom. The lowest BCUT2D eigenvalue weighted by atomic mass is 9.82. The average Bonchev–Trinajstić information content (AvgIpc) is 3.30. The first-order valence-corrected chi connectivity index (χ1v) is 17.9. The summed E-state index contributed by atoms with van der Waals surface area (Å²) in [4.78, 5) is 37.4. The van der Waals surface area contributed by atoms with Gasteiger partial charge < -0.3 is 23.7 Å². The van der Waals surface area contributed by atoms with Crippen LogP contribution < -0.4 is 4.90 Å². The molecule has 3 atom stereocenters. The molecule has 0 saturated carbocycles. The molecule has 41 heavy (non-hydrogen) atoms. The third-order valence-corrected chi connectivity index (χ3v) is 13.5. The largest absolute Gasteiger partial charge is 0.463 e. The van der Waals surface area contributed by atoms with Crippen LogP contribution in [0.25, 0.3) is 5.57 Å². The van der Waals surface area contributed by atoms with Crippen molar-refractivity contribution in [3.05, 3.63) is 29.5 Å². The first-order chi connectivity index (χ1) is 19.0. The van der Waals surface area contributed by atoms with Gasteiger partial charge in [0.15, 0.2) is 8.32 Å². The third-order valence-electron chi connectivity index (χ3n) is 8.97. The first kappa shape index (κ1) is 31.5. The summed E-state index contributed by atoms with van der Waals surface area (Å²) in [6, 6.07) is 3.91. The van der Waals surface area contributed by atoms with Gasteiger partial charge in [-0.25, -0.2) is 14.6 Å². The predicted octanol–water partition coefficient (Wildman–Crippen LogP) is 5.32. The minimum atomic E-state index is -1.83. The number of amides is 1. The molecule has 1 aromatic heterocycles. The number of fused-ring (bicyclic) bond motifs is 2. The summed E-state index contributed by atoms with van der Waals surface area (Å²) in [6.07, 6.45) is 3.38. The molecule has 0 spiro atoms. The molecule has 4 heterocycles. The van der Waals surface area contributed by atoms with Crippen molar-refractivity contribution in [1.29, 1.82) is 0 Å². The predicted molar refractivity (Wildman–Crippen MR) is 164 cm³/mol. The molecule has 0 radical (unpaired) electrons. The molecule has 3 aliphatic rings. The zero-order valence-electron chi connectivity index (χ0n) is 26.7. The Labute approximate surface area is 247 Å². The van der Waals surface area contributed by atoms with E-state index in [2.05, 4.69) is 55.8 Å². The second-order valence-corrected chi connectivity index (χ2v) is 18.9. The molecular formula is C31H50N4O5Si. The van der Waals surface area contributed by atoms with Gasteiger partial charge in [-0.15, -0.1) is 0 Å². The number of nitrogens with zero attached hydrogens (tertiary/aromatic N) is 4. The van der Waals surface area contributed by atoms with Crippen molar-refractivity contribution < 1.29 is 23.5 Å². The van der Waals surface area contributed by atoms with Crippen molar-refractivity contribution in [3.8, 4) is 0 Å². The quantitative estimate of drug-likeness (QED) is 0.327. The molecule has 2 bridgehead atoms. The van der Waals surface area contributed by atoms with E-state index in [0.29, 0.717) is 25.1 Å². The number of hydrogen-bond donors (Lipinski definition) is 0. The molecule has 9 nitrogen and oxygen atoms in total. The average molecular weight is 587 g/mol. The van der Waals surface area contributed by atoms with Crippen LogP contribution >= 0.6 is 0 Å². The number of carbonyl (C=O) groups is 2. The second-order valence-electron chi connectivity index (χ2n) is 14.2. The topological polar surface area (TPSA) is 84.4 Å². The highest BCUT2D eigenvalue weighted by molar-refractivity contribution is 6.74. The van der Waals surface area contributed by atoms with Crippen molar-refractivity contribution in [2.75, 3.05) is 44.7 Å². The van der Waals surface area contributed by atoms with Gasteiger partial charge in [0.25, 0.3) is 0 Å². The first-order valence-electron chi connectivity index (χ1n) is 15.0. The Hall–Kier alpha value is -2.43. The molecule has 1 aromatic rings. The summed E-state index contributed by atoms with van der Waals surface area (Å²) >= 11 is 0. The van der Waals surface area contributed by atoms with Crippen LogP contribution in [0.15, 0.2) is 23.9 Å². The van der Waals surface area contributed by atoms with E-state index in [-0.39, 0.29) is 41.9 Å². The molecule has 10 heteroatoms. The molecule has 0 aliphatic carbocycles. The van der Waals surface area contributed by atoms with E-state index < -0.39 is 13.9 Å². The van der Waals surface area contributed by atoms with E-state index in [1.54, 1.807) is 4.90 Å². The number of carbonyl (C=O) groups excluding carboxylic acids is 2. The lowest BCUT2D eigenvalue weighted by Gasteiger charge is -2.49. The smallest absolute Gasteiger partial charge is 0.410 e. The van der Waals surface area contributed by atoms with E-state index in [9.17, 15) is 9.59 Å². The van der Waals surface area contributed by atoms with Gasteiger partial charge >= 0.3 is 12.1 Å². The van der Waals surface area contributed by atoms with Gasteiger partial charge in [0.1, 0.15) is 11.4 Å². The van der Waals surface area contributed by atoms with Crippen LogP contribution in [0.3, 0.4) is 0 Å². The highest BCUT2D eigenvalue weighted by atomic mass is 28.4. The number of anilines is 1. The number of esters is 1. The number of aromatic nitrogens is 1. The maximum atomic E-state index is 13.3. The number of pyridine rings is 1. The molecule has 4 rings (SSSR count). The molecule has 0 aromatic carbocycles. The van der Waals surface area contributed by atoms with Crippen LogP contribution in [0, 0.1) is 0 Å². The maximum absolute atomic E-state index is 13.3. The fourth-order valence-electron chi connectivity index (χ4n) is 5.69. The number of hydrogen-bond acceptors (Lipinski definition) is 8. The molecule has 228 valence electrons. The fraction of sp³-hybridized carbons (Fsp3) is 0.710. The normalized spacial score (nSPS) is 24.1. The number of ether oxygens (including phenoxy) is 2. The summed E-state index contributed by atoms with van der Waals surface area (Å²) in [5, 5.41) is 0.182. The highest BCUT2D eigenvalue weighted by Crippen LogP contribution is 2.40. The number of piperazine rings is 1. The molecule has 0 unspecified atom stereocenters. The lowest BCUT2D eigenvalue weighted by Crippen LogP contribution is -2.62. The van der Waals surface area contributed by atoms with Gasteiger partial charge in [-0.1, -0.05) is 20.8 Å². The zero-order chi connectivity index (χ0) is 30.3. The minimum absolute atomic E-state index is 0.0564. The van der Waals surface area contributed by atoms with Crippen molar-refractivity contribution in [2.24, 2.45) is 0 Å². The van der Waals surface area contributed by atoms with Crippen LogP contribution in [-0.2, 0) is 18.7 Å². The standard InChI is InChI=1S/C31H50N4O5Si/c1-11-38-28(36)27-24(16-22-18-35(20-25(27)33(22)8)29(37)39-30(2,3)4)21-12-13-26(32-17-21)34-15-14-23(19-34)40-41(9,10)31(5,6)7/h12-13,17,22-23,25H,11,14-16,18-20H2,1-10H3/t22-,23+,25-/m1/s1. The Balaban J connectivity index is 1.56. The second kappa shape index (κ2) is 11.7. The summed E-state index contributed by atoms with van der Waals surface area (Å²) in [5.41, 5.74) is 1.91. The van der Waals surface area contributed by atoms with Gasteiger partial charge in [0.2, 0.25) is 0 Å². The third kappa shape index (κ3) is 6.97. The molecule has 1 amide bonds. The van der Waals surface area contributed by atoms with E-state index >= 15 is 0 Å². The van der Waals surface area contributed by atoms with Gasteiger partial charge in [0.05, 0.1) is 24.3 Å². The molecular weight excluding hydrogens is 536 g/mol. The van der Waals surface area contributed by atoms with Crippen molar-refractivity contribution in [1.82, 2.24) is 14.8 Å². The summed E-state index contributed by atoms with van der Waals surface area (Å²) in [5.74, 6) is 0.593. The molecule has 0 N–H and O–H groups in total. The van der Waals surface area contributed by atoms with Gasteiger partial charge in [-0.3, -0.25) is 4.90 Å². The molecule has 3 aliphatic heterocycles. The summed E-state index contributed by atoms with van der Waals surface area (Å²) in [6.45, 7) is 21.8. The van der Waals surface area contributed by atoms with E-state index in [1.165, 1.54) is 0 Å². The summed E-state index contributed by atoms with van der Waals surface area (Å²) in [7, 11) is 0.191. The van der Waals surface area contributed by atoms with E-state index in [1.807, 2.05) is 40.9 Å². The van der Waals surface area contributed by atoms with Gasteiger partial charge in [0, 0.05) is 38.4 Å². The molecule has 2 fully saturated rings. The zero-order valence-corrected chi connectivity index (χ0v) is 27.7. The number of likely N-dealkylation sites (N-methyl/N-ethyl adjacent to an activating group) is 1. The Kier molecular flexibility index (Phi) is 8.98. The van der Waals surface area contributed by atoms with Crippen LogP contribution in [0.5, 0.6) is 0 Å². The maximum Gasteiger partial charge on any atom is 0.410 e.